The standard InChI is InChI=1S/C20H19BrN4O/c1-24(2)17-8-3-6-15(12-17)20(26)23-22-14-19-10-5-11-25(19)18-9-4-7-16(21)13-18/h3-14H,1-2H3,(H,23,26)/b22-14-. The van der Waals surface area contributed by atoms with Crippen molar-refractivity contribution >= 4 is 33.7 Å². The van der Waals surface area contributed by atoms with Gasteiger partial charge in [-0.25, -0.2) is 5.43 Å². The van der Waals surface area contributed by atoms with Crippen molar-refractivity contribution in [2.75, 3.05) is 19.0 Å². The van der Waals surface area contributed by atoms with E-state index in [-0.39, 0.29) is 5.91 Å². The van der Waals surface area contributed by atoms with Crippen LogP contribution in [-0.4, -0.2) is 30.8 Å². The van der Waals surface area contributed by atoms with E-state index in [2.05, 4.69) is 26.5 Å². The highest BCUT2D eigenvalue weighted by atomic mass is 79.9. The summed E-state index contributed by atoms with van der Waals surface area (Å²) in [7, 11) is 3.87. The van der Waals surface area contributed by atoms with Crippen LogP contribution in [0.5, 0.6) is 0 Å². The number of nitrogens with zero attached hydrogens (tertiary/aromatic N) is 3. The van der Waals surface area contributed by atoms with Crippen molar-refractivity contribution in [3.05, 3.63) is 82.6 Å². The number of amides is 1. The fourth-order valence-electron chi connectivity index (χ4n) is 2.51. The summed E-state index contributed by atoms with van der Waals surface area (Å²) in [5.74, 6) is -0.245. The summed E-state index contributed by atoms with van der Waals surface area (Å²) < 4.78 is 2.99. The molecule has 5 nitrogen and oxygen atoms in total. The summed E-state index contributed by atoms with van der Waals surface area (Å²) in [5.41, 5.74) is 5.99. The third kappa shape index (κ3) is 4.21. The first-order valence-electron chi connectivity index (χ1n) is 8.09. The van der Waals surface area contributed by atoms with Crippen molar-refractivity contribution in [3.63, 3.8) is 0 Å². The van der Waals surface area contributed by atoms with Crippen molar-refractivity contribution in [2.45, 2.75) is 0 Å². The molecule has 1 N–H and O–H groups in total. The van der Waals surface area contributed by atoms with E-state index in [0.717, 1.165) is 21.5 Å². The summed E-state index contributed by atoms with van der Waals surface area (Å²) in [6.07, 6.45) is 3.58. The number of hydrazone groups is 1. The van der Waals surface area contributed by atoms with Crippen LogP contribution in [-0.2, 0) is 0 Å². The van der Waals surface area contributed by atoms with Crippen LogP contribution in [0.25, 0.3) is 5.69 Å². The van der Waals surface area contributed by atoms with Gasteiger partial charge in [0.2, 0.25) is 0 Å². The molecular weight excluding hydrogens is 392 g/mol. The lowest BCUT2D eigenvalue weighted by Gasteiger charge is -2.12. The molecule has 1 aromatic heterocycles. The Hall–Kier alpha value is -2.86. The lowest BCUT2D eigenvalue weighted by molar-refractivity contribution is 0.0955. The number of hydrogen-bond donors (Lipinski definition) is 1. The summed E-state index contributed by atoms with van der Waals surface area (Å²) in [6, 6.07) is 19.2. The van der Waals surface area contributed by atoms with Crippen molar-refractivity contribution in [2.24, 2.45) is 5.10 Å². The Morgan fingerprint density at radius 1 is 1.12 bits per heavy atom. The van der Waals surface area contributed by atoms with Gasteiger partial charge >= 0.3 is 0 Å². The van der Waals surface area contributed by atoms with Gasteiger partial charge in [0.15, 0.2) is 0 Å². The number of benzene rings is 2. The molecule has 6 heteroatoms. The Balaban J connectivity index is 1.73. The molecule has 0 bridgehead atoms. The second-order valence-corrected chi connectivity index (χ2v) is 6.84. The van der Waals surface area contributed by atoms with Gasteiger partial charge in [-0.1, -0.05) is 28.1 Å². The van der Waals surface area contributed by atoms with E-state index in [1.807, 2.05) is 84.4 Å². The van der Waals surface area contributed by atoms with Crippen molar-refractivity contribution < 1.29 is 4.79 Å². The third-order valence-corrected chi connectivity index (χ3v) is 4.35. The van der Waals surface area contributed by atoms with Gasteiger partial charge in [-0.2, -0.15) is 5.10 Å². The first kappa shape index (κ1) is 17.9. The average molecular weight is 411 g/mol. The number of halogens is 1. The SMILES string of the molecule is CN(C)c1cccc(C(=O)N/N=C\c2cccn2-c2cccc(Br)c2)c1. The number of carbonyl (C=O) groups is 1. The largest absolute Gasteiger partial charge is 0.378 e. The Morgan fingerprint density at radius 3 is 2.69 bits per heavy atom. The monoisotopic (exact) mass is 410 g/mol. The Morgan fingerprint density at radius 2 is 1.92 bits per heavy atom. The van der Waals surface area contributed by atoms with Crippen molar-refractivity contribution in [1.82, 2.24) is 9.99 Å². The molecule has 0 atom stereocenters. The molecule has 3 aromatic rings. The highest BCUT2D eigenvalue weighted by Gasteiger charge is 2.06. The van der Waals surface area contributed by atoms with E-state index >= 15 is 0 Å². The highest BCUT2D eigenvalue weighted by Crippen LogP contribution is 2.17. The number of nitrogens with one attached hydrogen (secondary N) is 1. The minimum absolute atomic E-state index is 0.245. The van der Waals surface area contributed by atoms with Crippen LogP contribution in [0.2, 0.25) is 0 Å². The van der Waals surface area contributed by atoms with Crippen molar-refractivity contribution in [3.8, 4) is 5.69 Å². The van der Waals surface area contributed by atoms with Crippen molar-refractivity contribution in [1.29, 1.82) is 0 Å². The molecule has 1 amide bonds. The van der Waals surface area contributed by atoms with Gasteiger partial charge < -0.3 is 9.47 Å². The molecule has 0 aliphatic heterocycles. The molecule has 0 saturated heterocycles. The first-order chi connectivity index (χ1) is 12.5. The fourth-order valence-corrected chi connectivity index (χ4v) is 2.89. The maximum absolute atomic E-state index is 12.3. The quantitative estimate of drug-likeness (QED) is 0.508. The first-order valence-corrected chi connectivity index (χ1v) is 8.88. The molecule has 132 valence electrons. The summed E-state index contributed by atoms with van der Waals surface area (Å²) in [6.45, 7) is 0. The van der Waals surface area contributed by atoms with E-state index in [1.165, 1.54) is 0 Å². The van der Waals surface area contributed by atoms with Gasteiger partial charge in [-0.15, -0.1) is 0 Å². The van der Waals surface area contributed by atoms with Gasteiger partial charge in [-0.3, -0.25) is 4.79 Å². The average Bonchev–Trinajstić information content (AvgIpc) is 3.10. The minimum atomic E-state index is -0.245. The molecule has 0 fully saturated rings. The Labute approximate surface area is 161 Å². The maximum Gasteiger partial charge on any atom is 0.271 e. The number of hydrogen-bond acceptors (Lipinski definition) is 3. The normalized spacial score (nSPS) is 10.9. The van der Waals surface area contributed by atoms with Crippen LogP contribution >= 0.6 is 15.9 Å². The topological polar surface area (TPSA) is 49.6 Å². The van der Waals surface area contributed by atoms with Crippen LogP contribution < -0.4 is 10.3 Å². The summed E-state index contributed by atoms with van der Waals surface area (Å²) in [4.78, 5) is 14.2. The maximum atomic E-state index is 12.3. The molecule has 0 unspecified atom stereocenters. The molecule has 0 radical (unpaired) electrons. The second kappa shape index (κ2) is 8.01. The van der Waals surface area contributed by atoms with Gasteiger partial charge in [-0.05, 0) is 48.5 Å². The van der Waals surface area contributed by atoms with E-state index in [0.29, 0.717) is 5.56 Å². The summed E-state index contributed by atoms with van der Waals surface area (Å²) >= 11 is 3.48. The van der Waals surface area contributed by atoms with E-state index in [1.54, 1.807) is 12.3 Å². The number of rotatable bonds is 5. The van der Waals surface area contributed by atoms with Gasteiger partial charge in [0.05, 0.1) is 11.9 Å². The zero-order chi connectivity index (χ0) is 18.5. The predicted molar refractivity (Wildman–Crippen MR) is 109 cm³/mol. The predicted octanol–water partition coefficient (Wildman–Crippen LogP) is 4.07. The van der Waals surface area contributed by atoms with Crippen LogP contribution in [0.4, 0.5) is 5.69 Å². The van der Waals surface area contributed by atoms with Crippen LogP contribution in [0, 0.1) is 0 Å². The van der Waals surface area contributed by atoms with E-state index in [4.69, 9.17) is 0 Å². The minimum Gasteiger partial charge on any atom is -0.378 e. The lowest BCUT2D eigenvalue weighted by atomic mass is 10.2. The summed E-state index contributed by atoms with van der Waals surface area (Å²) in [5, 5.41) is 4.10. The molecule has 1 heterocycles. The smallest absolute Gasteiger partial charge is 0.271 e. The van der Waals surface area contributed by atoms with Crippen LogP contribution in [0.3, 0.4) is 0 Å². The molecule has 0 aliphatic rings. The van der Waals surface area contributed by atoms with Gasteiger partial charge in [0.1, 0.15) is 0 Å². The highest BCUT2D eigenvalue weighted by molar-refractivity contribution is 9.10. The number of anilines is 1. The molecule has 26 heavy (non-hydrogen) atoms. The molecule has 3 rings (SSSR count). The molecule has 0 spiro atoms. The zero-order valence-corrected chi connectivity index (χ0v) is 16.1. The number of aromatic nitrogens is 1. The molecule has 2 aromatic carbocycles. The zero-order valence-electron chi connectivity index (χ0n) is 14.6. The van der Waals surface area contributed by atoms with Crippen LogP contribution in [0.15, 0.2) is 76.4 Å². The lowest BCUT2D eigenvalue weighted by Crippen LogP contribution is -2.18. The fraction of sp³-hybridized carbons (Fsp3) is 0.100. The van der Waals surface area contributed by atoms with Gasteiger partial charge in [0, 0.05) is 41.7 Å². The van der Waals surface area contributed by atoms with Gasteiger partial charge in [0.25, 0.3) is 5.91 Å². The molecule has 0 aliphatic carbocycles. The Kier molecular flexibility index (Phi) is 5.53. The van der Waals surface area contributed by atoms with E-state index in [9.17, 15) is 4.79 Å². The Bertz CT molecular complexity index is 946. The third-order valence-electron chi connectivity index (χ3n) is 3.85. The van der Waals surface area contributed by atoms with E-state index < -0.39 is 0 Å². The molecule has 0 saturated carbocycles. The molecular formula is C20H19BrN4O. The number of carbonyl (C=O) groups excluding carboxylic acids is 1. The second-order valence-electron chi connectivity index (χ2n) is 5.93. The van der Waals surface area contributed by atoms with Crippen LogP contribution in [0.1, 0.15) is 16.1 Å².